The quantitative estimate of drug-likeness (QED) is 0.358. The first-order valence-corrected chi connectivity index (χ1v) is 12.1. The van der Waals surface area contributed by atoms with Gasteiger partial charge in [-0.1, -0.05) is 45.5 Å². The minimum atomic E-state index is 0.279. The highest BCUT2D eigenvalue weighted by Crippen LogP contribution is 2.31. The Labute approximate surface area is 182 Å². The molecule has 1 fully saturated rings. The summed E-state index contributed by atoms with van der Waals surface area (Å²) in [7, 11) is 0. The molecular formula is C21H22BrN3OS2. The van der Waals surface area contributed by atoms with Crippen LogP contribution in [-0.4, -0.2) is 47.7 Å². The summed E-state index contributed by atoms with van der Waals surface area (Å²) in [5.74, 6) is 1.26. The van der Waals surface area contributed by atoms with Crippen molar-refractivity contribution in [3.8, 4) is 0 Å². The summed E-state index contributed by atoms with van der Waals surface area (Å²) >= 11 is 7.06. The highest BCUT2D eigenvalue weighted by atomic mass is 79.9. The van der Waals surface area contributed by atoms with Crippen LogP contribution in [-0.2, 0) is 4.79 Å². The van der Waals surface area contributed by atoms with E-state index < -0.39 is 0 Å². The Morgan fingerprint density at radius 2 is 1.89 bits per heavy atom. The van der Waals surface area contributed by atoms with Crippen LogP contribution < -0.4 is 4.90 Å². The largest absolute Gasteiger partial charge is 0.345 e. The predicted molar refractivity (Wildman–Crippen MR) is 123 cm³/mol. The summed E-state index contributed by atoms with van der Waals surface area (Å²) in [6.45, 7) is 3.27. The highest BCUT2D eigenvalue weighted by molar-refractivity contribution is 9.10. The van der Waals surface area contributed by atoms with E-state index in [4.69, 9.17) is 4.98 Å². The van der Waals surface area contributed by atoms with Gasteiger partial charge in [0.2, 0.25) is 5.91 Å². The number of hydrogen-bond acceptors (Lipinski definition) is 5. The van der Waals surface area contributed by atoms with Gasteiger partial charge in [-0.25, -0.2) is 4.98 Å². The van der Waals surface area contributed by atoms with Gasteiger partial charge in [0.05, 0.1) is 10.2 Å². The van der Waals surface area contributed by atoms with E-state index in [2.05, 4.69) is 51.2 Å². The van der Waals surface area contributed by atoms with Gasteiger partial charge < -0.3 is 9.80 Å². The molecule has 0 saturated carbocycles. The summed E-state index contributed by atoms with van der Waals surface area (Å²) in [6.07, 6.45) is 1.56. The molecule has 4 nitrogen and oxygen atoms in total. The molecule has 146 valence electrons. The van der Waals surface area contributed by atoms with Crippen molar-refractivity contribution in [1.82, 2.24) is 9.88 Å². The third-order valence-electron chi connectivity index (χ3n) is 4.79. The Bertz CT molecular complexity index is 939. The molecule has 0 N–H and O–H groups in total. The zero-order chi connectivity index (χ0) is 19.3. The van der Waals surface area contributed by atoms with Crippen molar-refractivity contribution in [2.45, 2.75) is 17.7 Å². The van der Waals surface area contributed by atoms with E-state index in [1.54, 1.807) is 11.3 Å². The van der Waals surface area contributed by atoms with Crippen molar-refractivity contribution in [2.24, 2.45) is 0 Å². The number of fused-ring (bicyclic) bond motifs is 1. The van der Waals surface area contributed by atoms with Gasteiger partial charge in [0.15, 0.2) is 5.13 Å². The molecule has 0 atom stereocenters. The molecule has 2 heterocycles. The van der Waals surface area contributed by atoms with E-state index in [1.165, 1.54) is 9.60 Å². The first kappa shape index (κ1) is 19.7. The number of rotatable bonds is 6. The molecule has 1 saturated heterocycles. The summed E-state index contributed by atoms with van der Waals surface area (Å²) in [5, 5.41) is 1.06. The fourth-order valence-corrected chi connectivity index (χ4v) is 5.70. The van der Waals surface area contributed by atoms with Crippen molar-refractivity contribution < 1.29 is 4.79 Å². The first-order chi connectivity index (χ1) is 13.7. The van der Waals surface area contributed by atoms with E-state index >= 15 is 0 Å². The first-order valence-electron chi connectivity index (χ1n) is 9.46. The molecule has 1 aliphatic heterocycles. The van der Waals surface area contributed by atoms with Crippen molar-refractivity contribution in [3.63, 3.8) is 0 Å². The van der Waals surface area contributed by atoms with Crippen LogP contribution in [0, 0.1) is 0 Å². The Kier molecular flexibility index (Phi) is 6.54. The standard InChI is InChI=1S/C21H22BrN3OS2/c22-16-8-9-18-19(15-16)28-21(23-18)25-12-10-24(11-13-25)20(26)7-4-14-27-17-5-2-1-3-6-17/h1-3,5-6,8-9,15H,4,7,10-14H2. The number of aromatic nitrogens is 1. The fraction of sp³-hybridized carbons (Fsp3) is 0.333. The lowest BCUT2D eigenvalue weighted by Gasteiger charge is -2.34. The van der Waals surface area contributed by atoms with Crippen molar-refractivity contribution >= 4 is 60.3 Å². The molecule has 7 heteroatoms. The maximum atomic E-state index is 12.5. The minimum absolute atomic E-state index is 0.279. The molecule has 0 radical (unpaired) electrons. The molecule has 1 aromatic heterocycles. The molecule has 28 heavy (non-hydrogen) atoms. The second-order valence-electron chi connectivity index (χ2n) is 6.74. The molecule has 4 rings (SSSR count). The second kappa shape index (κ2) is 9.29. The number of carbonyl (C=O) groups excluding carboxylic acids is 1. The van der Waals surface area contributed by atoms with Gasteiger partial charge in [-0.15, -0.1) is 11.8 Å². The number of benzene rings is 2. The fourth-order valence-electron chi connectivity index (χ4n) is 3.26. The normalized spacial score (nSPS) is 14.6. The number of thioether (sulfide) groups is 1. The van der Waals surface area contributed by atoms with Gasteiger partial charge in [0.25, 0.3) is 0 Å². The maximum Gasteiger partial charge on any atom is 0.222 e. The lowest BCUT2D eigenvalue weighted by Crippen LogP contribution is -2.48. The number of halogens is 1. The van der Waals surface area contributed by atoms with Crippen LogP contribution in [0.5, 0.6) is 0 Å². The molecule has 3 aromatic rings. The van der Waals surface area contributed by atoms with Crippen LogP contribution in [0.1, 0.15) is 12.8 Å². The van der Waals surface area contributed by atoms with Crippen molar-refractivity contribution in [3.05, 3.63) is 53.0 Å². The van der Waals surface area contributed by atoms with E-state index in [-0.39, 0.29) is 5.91 Å². The predicted octanol–water partition coefficient (Wildman–Crippen LogP) is 5.28. The number of anilines is 1. The molecule has 0 aliphatic carbocycles. The van der Waals surface area contributed by atoms with Crippen LogP contribution in [0.4, 0.5) is 5.13 Å². The van der Waals surface area contributed by atoms with Crippen molar-refractivity contribution in [2.75, 3.05) is 36.8 Å². The van der Waals surface area contributed by atoms with Gasteiger partial charge in [0.1, 0.15) is 0 Å². The molecular weight excluding hydrogens is 454 g/mol. The average molecular weight is 476 g/mol. The van der Waals surface area contributed by atoms with E-state index in [0.29, 0.717) is 6.42 Å². The molecule has 1 aliphatic rings. The summed E-state index contributed by atoms with van der Waals surface area (Å²) in [5.41, 5.74) is 1.04. The second-order valence-corrected chi connectivity index (χ2v) is 9.83. The highest BCUT2D eigenvalue weighted by Gasteiger charge is 2.22. The number of thiazole rings is 1. The Hall–Kier alpha value is -1.57. The molecule has 0 unspecified atom stereocenters. The molecule has 0 spiro atoms. The van der Waals surface area contributed by atoms with E-state index in [1.807, 2.05) is 34.9 Å². The third-order valence-corrected chi connectivity index (χ3v) is 7.46. The number of nitrogens with zero attached hydrogens (tertiary/aromatic N) is 3. The number of piperazine rings is 1. The molecule has 2 aromatic carbocycles. The SMILES string of the molecule is O=C(CCCSc1ccccc1)N1CCN(c2nc3ccc(Br)cc3s2)CC1. The molecule has 0 bridgehead atoms. The number of carbonyl (C=O) groups is 1. The van der Waals surface area contributed by atoms with Gasteiger partial charge in [0, 0.05) is 42.0 Å². The van der Waals surface area contributed by atoms with Crippen LogP contribution in [0.3, 0.4) is 0 Å². The Morgan fingerprint density at radius 1 is 1.11 bits per heavy atom. The van der Waals surface area contributed by atoms with E-state index in [9.17, 15) is 4.79 Å². The Balaban J connectivity index is 1.23. The van der Waals surface area contributed by atoms with Gasteiger partial charge in [-0.05, 0) is 42.5 Å². The van der Waals surface area contributed by atoms with Crippen LogP contribution in [0.15, 0.2) is 57.9 Å². The Morgan fingerprint density at radius 3 is 2.68 bits per heavy atom. The maximum absolute atomic E-state index is 12.5. The smallest absolute Gasteiger partial charge is 0.222 e. The van der Waals surface area contributed by atoms with Gasteiger partial charge in [-0.3, -0.25) is 4.79 Å². The van der Waals surface area contributed by atoms with Crippen LogP contribution in [0.2, 0.25) is 0 Å². The third kappa shape index (κ3) is 4.88. The summed E-state index contributed by atoms with van der Waals surface area (Å²) < 4.78 is 2.27. The monoisotopic (exact) mass is 475 g/mol. The molecule has 1 amide bonds. The lowest BCUT2D eigenvalue weighted by molar-refractivity contribution is -0.131. The number of amides is 1. The van der Waals surface area contributed by atoms with Crippen LogP contribution >= 0.6 is 39.0 Å². The van der Waals surface area contributed by atoms with Gasteiger partial charge in [-0.2, -0.15) is 0 Å². The van der Waals surface area contributed by atoms with Gasteiger partial charge >= 0.3 is 0 Å². The zero-order valence-electron chi connectivity index (χ0n) is 15.5. The summed E-state index contributed by atoms with van der Waals surface area (Å²) in [6, 6.07) is 16.6. The number of hydrogen-bond donors (Lipinski definition) is 0. The summed E-state index contributed by atoms with van der Waals surface area (Å²) in [4.78, 5) is 22.8. The topological polar surface area (TPSA) is 36.4 Å². The minimum Gasteiger partial charge on any atom is -0.345 e. The van der Waals surface area contributed by atoms with E-state index in [0.717, 1.165) is 53.5 Å². The zero-order valence-corrected chi connectivity index (χ0v) is 18.7. The van der Waals surface area contributed by atoms with Crippen LogP contribution in [0.25, 0.3) is 10.2 Å². The lowest BCUT2D eigenvalue weighted by atomic mass is 10.2. The average Bonchev–Trinajstić information content (AvgIpc) is 3.15. The van der Waals surface area contributed by atoms with Crippen molar-refractivity contribution in [1.29, 1.82) is 0 Å².